The molecule has 0 aromatic carbocycles. The first-order valence-corrected chi connectivity index (χ1v) is 6.66. The number of nitriles is 1. The van der Waals surface area contributed by atoms with Crippen molar-refractivity contribution in [3.05, 3.63) is 22.9 Å². The third-order valence-electron chi connectivity index (χ3n) is 4.64. The van der Waals surface area contributed by atoms with Crippen LogP contribution in [0.2, 0.25) is 0 Å². The smallest absolute Gasteiger partial charge is 0.141 e. The zero-order valence-corrected chi connectivity index (χ0v) is 11.5. The summed E-state index contributed by atoms with van der Waals surface area (Å²) in [4.78, 5) is 4.16. The van der Waals surface area contributed by atoms with E-state index in [-0.39, 0.29) is 0 Å². The average molecular weight is 243 g/mol. The maximum absolute atomic E-state index is 9.18. The lowest BCUT2D eigenvalue weighted by atomic mass is 9.68. The zero-order valence-electron chi connectivity index (χ0n) is 11.5. The number of anilines is 1. The van der Waals surface area contributed by atoms with Gasteiger partial charge in [-0.3, -0.25) is 0 Å². The highest BCUT2D eigenvalue weighted by atomic mass is 14.8. The van der Waals surface area contributed by atoms with Gasteiger partial charge in [0.2, 0.25) is 0 Å². The topological polar surface area (TPSA) is 62.7 Å². The van der Waals surface area contributed by atoms with Gasteiger partial charge in [0, 0.05) is 6.20 Å². The lowest BCUT2D eigenvalue weighted by Crippen LogP contribution is -2.29. The molecule has 0 aliphatic heterocycles. The van der Waals surface area contributed by atoms with Crippen molar-refractivity contribution in [1.29, 1.82) is 5.26 Å². The number of hydrogen-bond donors (Lipinski definition) is 1. The van der Waals surface area contributed by atoms with Gasteiger partial charge in [0.1, 0.15) is 11.9 Å². The van der Waals surface area contributed by atoms with Crippen LogP contribution >= 0.6 is 0 Å². The molecule has 1 aliphatic carbocycles. The normalized spacial score (nSPS) is 19.1. The van der Waals surface area contributed by atoms with Crippen molar-refractivity contribution < 1.29 is 0 Å². The first-order valence-electron chi connectivity index (χ1n) is 6.66. The van der Waals surface area contributed by atoms with Crippen LogP contribution in [0, 0.1) is 22.7 Å². The zero-order chi connectivity index (χ0) is 13.3. The van der Waals surface area contributed by atoms with Crippen LogP contribution in [0.15, 0.2) is 6.20 Å². The second-order valence-electron chi connectivity index (χ2n) is 5.92. The molecule has 1 aromatic rings. The molecule has 0 saturated heterocycles. The summed E-state index contributed by atoms with van der Waals surface area (Å²) in [5, 5.41) is 9.18. The number of hydrogen-bond acceptors (Lipinski definition) is 3. The Morgan fingerprint density at radius 2 is 2.28 bits per heavy atom. The lowest BCUT2D eigenvalue weighted by molar-refractivity contribution is 0.183. The number of nitrogens with zero attached hydrogens (tertiary/aromatic N) is 2. The number of nitrogen functional groups attached to an aromatic ring is 1. The Kier molecular flexibility index (Phi) is 3.30. The van der Waals surface area contributed by atoms with Gasteiger partial charge in [0.05, 0.1) is 5.56 Å². The standard InChI is InChI=1S/C15H21N3/c1-4-15(2,3)11-5-6-12-10(7-11)9-18-14(17)13(12)8-16/h9,11H,4-7H2,1-3H3,(H2,17,18). The van der Waals surface area contributed by atoms with Crippen molar-refractivity contribution >= 4 is 5.82 Å². The van der Waals surface area contributed by atoms with E-state index < -0.39 is 0 Å². The highest BCUT2D eigenvalue weighted by Gasteiger charge is 2.32. The van der Waals surface area contributed by atoms with E-state index in [9.17, 15) is 5.26 Å². The number of rotatable bonds is 2. The van der Waals surface area contributed by atoms with E-state index in [4.69, 9.17) is 5.73 Å². The summed E-state index contributed by atoms with van der Waals surface area (Å²) in [6.07, 6.45) is 6.17. The van der Waals surface area contributed by atoms with Crippen LogP contribution in [0.25, 0.3) is 0 Å². The SMILES string of the molecule is CCC(C)(C)C1CCc2c(cnc(N)c2C#N)C1. The third kappa shape index (κ3) is 2.08. The molecule has 1 aliphatic rings. The number of fused-ring (bicyclic) bond motifs is 1. The van der Waals surface area contributed by atoms with Crippen molar-refractivity contribution in [2.45, 2.75) is 46.5 Å². The van der Waals surface area contributed by atoms with Crippen LogP contribution in [0.3, 0.4) is 0 Å². The molecule has 1 aromatic heterocycles. The molecule has 1 unspecified atom stereocenters. The molecule has 0 bridgehead atoms. The molecule has 2 rings (SSSR count). The first-order chi connectivity index (χ1) is 8.49. The van der Waals surface area contributed by atoms with Crippen LogP contribution < -0.4 is 5.73 Å². The third-order valence-corrected chi connectivity index (χ3v) is 4.64. The molecule has 1 heterocycles. The van der Waals surface area contributed by atoms with Crippen LogP contribution in [-0.2, 0) is 12.8 Å². The number of nitrogens with two attached hydrogens (primary N) is 1. The molecule has 96 valence electrons. The van der Waals surface area contributed by atoms with Crippen molar-refractivity contribution in [2.75, 3.05) is 5.73 Å². The maximum Gasteiger partial charge on any atom is 0.141 e. The average Bonchev–Trinajstić information content (AvgIpc) is 2.38. The van der Waals surface area contributed by atoms with Gasteiger partial charge in [-0.2, -0.15) is 5.26 Å². The Balaban J connectivity index is 2.35. The van der Waals surface area contributed by atoms with Gasteiger partial charge in [0.15, 0.2) is 0 Å². The molecule has 0 radical (unpaired) electrons. The Morgan fingerprint density at radius 1 is 1.56 bits per heavy atom. The summed E-state index contributed by atoms with van der Waals surface area (Å²) >= 11 is 0. The number of pyridine rings is 1. The molecular weight excluding hydrogens is 222 g/mol. The minimum Gasteiger partial charge on any atom is -0.383 e. The van der Waals surface area contributed by atoms with E-state index in [1.165, 1.54) is 12.0 Å². The predicted octanol–water partition coefficient (Wildman–Crippen LogP) is 3.08. The molecule has 18 heavy (non-hydrogen) atoms. The van der Waals surface area contributed by atoms with Gasteiger partial charge < -0.3 is 5.73 Å². The minimum atomic E-state index is 0.353. The Morgan fingerprint density at radius 3 is 2.89 bits per heavy atom. The van der Waals surface area contributed by atoms with Crippen molar-refractivity contribution in [3.63, 3.8) is 0 Å². The van der Waals surface area contributed by atoms with E-state index in [2.05, 4.69) is 31.8 Å². The maximum atomic E-state index is 9.18. The monoisotopic (exact) mass is 243 g/mol. The van der Waals surface area contributed by atoms with Crippen LogP contribution in [0.4, 0.5) is 5.82 Å². The van der Waals surface area contributed by atoms with E-state index in [0.29, 0.717) is 22.7 Å². The van der Waals surface area contributed by atoms with E-state index in [1.807, 2.05) is 6.20 Å². The van der Waals surface area contributed by atoms with Gasteiger partial charge in [-0.1, -0.05) is 27.2 Å². The second kappa shape index (κ2) is 4.61. The van der Waals surface area contributed by atoms with Gasteiger partial charge in [-0.05, 0) is 41.7 Å². The highest BCUT2D eigenvalue weighted by molar-refractivity contribution is 5.56. The lowest BCUT2D eigenvalue weighted by Gasteiger charge is -2.37. The molecule has 0 saturated carbocycles. The first kappa shape index (κ1) is 12.9. The van der Waals surface area contributed by atoms with Crippen LogP contribution in [-0.4, -0.2) is 4.98 Å². The van der Waals surface area contributed by atoms with Crippen LogP contribution in [0.1, 0.15) is 50.3 Å². The molecule has 0 spiro atoms. The summed E-state index contributed by atoms with van der Waals surface area (Å²) < 4.78 is 0. The largest absolute Gasteiger partial charge is 0.383 e. The predicted molar refractivity (Wildman–Crippen MR) is 73.0 cm³/mol. The Hall–Kier alpha value is -1.56. The van der Waals surface area contributed by atoms with Gasteiger partial charge >= 0.3 is 0 Å². The van der Waals surface area contributed by atoms with Crippen LogP contribution in [0.5, 0.6) is 0 Å². The Bertz CT molecular complexity index is 497. The minimum absolute atomic E-state index is 0.353. The molecule has 3 nitrogen and oxygen atoms in total. The fourth-order valence-corrected chi connectivity index (χ4v) is 2.83. The van der Waals surface area contributed by atoms with Crippen molar-refractivity contribution in [3.8, 4) is 6.07 Å². The summed E-state index contributed by atoms with van der Waals surface area (Å²) in [7, 11) is 0. The fourth-order valence-electron chi connectivity index (χ4n) is 2.83. The highest BCUT2D eigenvalue weighted by Crippen LogP contribution is 2.40. The summed E-state index contributed by atoms with van der Waals surface area (Å²) in [6.45, 7) is 6.91. The molecule has 2 N–H and O–H groups in total. The molecular formula is C15H21N3. The number of aromatic nitrogens is 1. The van der Waals surface area contributed by atoms with Crippen molar-refractivity contribution in [2.24, 2.45) is 11.3 Å². The molecule has 0 amide bonds. The van der Waals surface area contributed by atoms with E-state index >= 15 is 0 Å². The van der Waals surface area contributed by atoms with Crippen molar-refractivity contribution in [1.82, 2.24) is 4.98 Å². The Labute approximate surface area is 109 Å². The van der Waals surface area contributed by atoms with E-state index in [0.717, 1.165) is 24.8 Å². The molecule has 3 heteroatoms. The molecule has 0 fully saturated rings. The van der Waals surface area contributed by atoms with Gasteiger partial charge in [-0.25, -0.2) is 4.98 Å². The second-order valence-corrected chi connectivity index (χ2v) is 5.92. The van der Waals surface area contributed by atoms with E-state index in [1.54, 1.807) is 0 Å². The van der Waals surface area contributed by atoms with Gasteiger partial charge in [-0.15, -0.1) is 0 Å². The summed E-state index contributed by atoms with van der Waals surface area (Å²) in [5.41, 5.74) is 9.07. The van der Waals surface area contributed by atoms with Gasteiger partial charge in [0.25, 0.3) is 0 Å². The summed E-state index contributed by atoms with van der Waals surface area (Å²) in [6, 6.07) is 2.20. The fraction of sp³-hybridized carbons (Fsp3) is 0.600. The summed E-state index contributed by atoms with van der Waals surface area (Å²) in [5.74, 6) is 1.05. The quantitative estimate of drug-likeness (QED) is 0.868. The molecule has 1 atom stereocenters.